The van der Waals surface area contributed by atoms with Gasteiger partial charge in [0.25, 0.3) is 0 Å². The summed E-state index contributed by atoms with van der Waals surface area (Å²) in [7, 11) is 0. The topological polar surface area (TPSA) is 69.4 Å². The molecule has 3 aromatic heterocycles. The Hall–Kier alpha value is -2.50. The van der Waals surface area contributed by atoms with Crippen LogP contribution < -0.4 is 5.32 Å². The Morgan fingerprint density at radius 1 is 1.04 bits per heavy atom. The zero-order valence-electron chi connectivity index (χ0n) is 13.9. The monoisotopic (exact) mass is 385 g/mol. The molecule has 0 atom stereocenters. The molecule has 0 unspecified atom stereocenters. The van der Waals surface area contributed by atoms with Crippen LogP contribution in [0.1, 0.15) is 16.8 Å². The minimum atomic E-state index is 0.646. The maximum absolute atomic E-state index is 6.05. The third-order valence-corrected chi connectivity index (χ3v) is 4.68. The Labute approximate surface area is 160 Å². The number of halogens is 2. The molecule has 26 heavy (non-hydrogen) atoms. The highest BCUT2D eigenvalue weighted by atomic mass is 35.5. The van der Waals surface area contributed by atoms with Gasteiger partial charge in [-0.3, -0.25) is 5.10 Å². The summed E-state index contributed by atoms with van der Waals surface area (Å²) in [6, 6.07) is 11.8. The second-order valence-corrected chi connectivity index (χ2v) is 7.00. The molecule has 5 nitrogen and oxygen atoms in total. The molecule has 4 rings (SSSR count). The van der Waals surface area contributed by atoms with Crippen LogP contribution in [0.5, 0.6) is 0 Å². The summed E-state index contributed by atoms with van der Waals surface area (Å²) in [5.74, 6) is 0.823. The van der Waals surface area contributed by atoms with Crippen molar-refractivity contribution in [2.24, 2.45) is 0 Å². The summed E-state index contributed by atoms with van der Waals surface area (Å²) in [6.07, 6.45) is 5.36. The molecular formula is C19H17Cl2N5. The van der Waals surface area contributed by atoms with E-state index in [1.54, 1.807) is 6.20 Å². The van der Waals surface area contributed by atoms with Gasteiger partial charge < -0.3 is 10.3 Å². The van der Waals surface area contributed by atoms with Crippen molar-refractivity contribution in [3.63, 3.8) is 0 Å². The molecule has 0 saturated carbocycles. The van der Waals surface area contributed by atoms with Crippen LogP contribution >= 0.6 is 23.2 Å². The van der Waals surface area contributed by atoms with Gasteiger partial charge >= 0.3 is 0 Å². The number of hydrogen-bond acceptors (Lipinski definition) is 3. The first kappa shape index (κ1) is 16.9. The fourth-order valence-corrected chi connectivity index (χ4v) is 3.30. The van der Waals surface area contributed by atoms with E-state index in [2.05, 4.69) is 25.5 Å². The number of H-pyrrole nitrogens is 2. The molecule has 0 bridgehead atoms. The number of aromatic nitrogens is 4. The molecule has 7 heteroatoms. The zero-order valence-corrected chi connectivity index (χ0v) is 15.4. The van der Waals surface area contributed by atoms with Crippen molar-refractivity contribution >= 4 is 40.1 Å². The summed E-state index contributed by atoms with van der Waals surface area (Å²) < 4.78 is 0. The summed E-state index contributed by atoms with van der Waals surface area (Å²) >= 11 is 12.1. The second-order valence-electron chi connectivity index (χ2n) is 6.13. The van der Waals surface area contributed by atoms with E-state index in [0.29, 0.717) is 11.6 Å². The average Bonchev–Trinajstić information content (AvgIpc) is 3.25. The highest BCUT2D eigenvalue weighted by Gasteiger charge is 2.07. The molecule has 132 valence electrons. The van der Waals surface area contributed by atoms with Gasteiger partial charge in [-0.05, 0) is 42.2 Å². The Kier molecular flexibility index (Phi) is 4.82. The predicted octanol–water partition coefficient (Wildman–Crippen LogP) is 4.99. The van der Waals surface area contributed by atoms with Crippen LogP contribution in [0.25, 0.3) is 11.0 Å². The Bertz CT molecular complexity index is 1040. The van der Waals surface area contributed by atoms with Gasteiger partial charge in [0.05, 0.1) is 5.02 Å². The Morgan fingerprint density at radius 2 is 1.96 bits per heavy atom. The predicted molar refractivity (Wildman–Crippen MR) is 106 cm³/mol. The minimum Gasteiger partial charge on any atom is -0.365 e. The van der Waals surface area contributed by atoms with E-state index in [0.717, 1.165) is 46.0 Å². The van der Waals surface area contributed by atoms with Gasteiger partial charge in [-0.25, -0.2) is 4.98 Å². The van der Waals surface area contributed by atoms with E-state index < -0.39 is 0 Å². The van der Waals surface area contributed by atoms with Crippen LogP contribution in [-0.2, 0) is 19.4 Å². The summed E-state index contributed by atoms with van der Waals surface area (Å²) in [6.45, 7) is 0.678. The first-order chi connectivity index (χ1) is 12.7. The van der Waals surface area contributed by atoms with E-state index in [1.807, 2.05) is 42.6 Å². The van der Waals surface area contributed by atoms with Crippen molar-refractivity contribution in [1.82, 2.24) is 20.2 Å². The van der Waals surface area contributed by atoms with Gasteiger partial charge in [0.2, 0.25) is 0 Å². The van der Waals surface area contributed by atoms with Gasteiger partial charge in [0.15, 0.2) is 0 Å². The third kappa shape index (κ3) is 3.84. The lowest BCUT2D eigenvalue weighted by Crippen LogP contribution is -1.99. The standard InChI is InChI=1S/C19H17Cl2N5/c20-14-3-1-2-12(6-14)9-22-18-8-16(25-26-18)5-4-13-10-23-19-17(13)7-15(21)11-24-19/h1-3,6-8,10-11H,4-5,9H2,(H,23,24)(H2,22,25,26). The van der Waals surface area contributed by atoms with Crippen molar-refractivity contribution in [2.75, 3.05) is 5.32 Å². The van der Waals surface area contributed by atoms with E-state index >= 15 is 0 Å². The van der Waals surface area contributed by atoms with Gasteiger partial charge in [-0.15, -0.1) is 0 Å². The maximum Gasteiger partial charge on any atom is 0.148 e. The maximum atomic E-state index is 6.05. The van der Waals surface area contributed by atoms with Gasteiger partial charge in [0, 0.05) is 41.1 Å². The lowest BCUT2D eigenvalue weighted by Gasteiger charge is -2.03. The number of pyridine rings is 1. The first-order valence-corrected chi connectivity index (χ1v) is 9.07. The van der Waals surface area contributed by atoms with Crippen molar-refractivity contribution in [3.8, 4) is 0 Å². The highest BCUT2D eigenvalue weighted by Crippen LogP contribution is 2.22. The highest BCUT2D eigenvalue weighted by molar-refractivity contribution is 6.31. The van der Waals surface area contributed by atoms with E-state index in [9.17, 15) is 0 Å². The average molecular weight is 386 g/mol. The Balaban J connectivity index is 1.38. The molecule has 0 aliphatic heterocycles. The number of nitrogens with zero attached hydrogens (tertiary/aromatic N) is 2. The molecule has 0 saturated heterocycles. The molecule has 1 aromatic carbocycles. The number of benzene rings is 1. The molecule has 0 radical (unpaired) electrons. The van der Waals surface area contributed by atoms with Gasteiger partial charge in [-0.1, -0.05) is 35.3 Å². The molecule has 0 amide bonds. The molecule has 0 fully saturated rings. The molecule has 0 aliphatic carbocycles. The fraction of sp³-hybridized carbons (Fsp3) is 0.158. The van der Waals surface area contributed by atoms with E-state index in [1.165, 1.54) is 5.56 Å². The summed E-state index contributed by atoms with van der Waals surface area (Å²) in [5, 5.41) is 13.2. The zero-order chi connectivity index (χ0) is 17.9. The first-order valence-electron chi connectivity index (χ1n) is 8.31. The minimum absolute atomic E-state index is 0.646. The number of rotatable bonds is 6. The SMILES string of the molecule is Clc1cccc(CNc2cc(CCc3c[nH]c4ncc(Cl)cc34)[nH]n2)c1. The largest absolute Gasteiger partial charge is 0.365 e. The number of anilines is 1. The second kappa shape index (κ2) is 7.40. The summed E-state index contributed by atoms with van der Waals surface area (Å²) in [5.41, 5.74) is 4.24. The quantitative estimate of drug-likeness (QED) is 0.437. The van der Waals surface area contributed by atoms with Crippen LogP contribution in [-0.4, -0.2) is 20.2 Å². The fourth-order valence-electron chi connectivity index (χ4n) is 2.93. The smallest absolute Gasteiger partial charge is 0.148 e. The van der Waals surface area contributed by atoms with Gasteiger partial charge in [0.1, 0.15) is 11.5 Å². The molecular weight excluding hydrogens is 369 g/mol. The van der Waals surface area contributed by atoms with E-state index in [4.69, 9.17) is 23.2 Å². The number of aromatic amines is 2. The van der Waals surface area contributed by atoms with Crippen molar-refractivity contribution in [2.45, 2.75) is 19.4 Å². The van der Waals surface area contributed by atoms with E-state index in [-0.39, 0.29) is 0 Å². The normalized spacial score (nSPS) is 11.2. The van der Waals surface area contributed by atoms with Crippen LogP contribution in [0.2, 0.25) is 10.0 Å². The lowest BCUT2D eigenvalue weighted by molar-refractivity contribution is 0.897. The van der Waals surface area contributed by atoms with Crippen molar-refractivity contribution < 1.29 is 0 Å². The van der Waals surface area contributed by atoms with Crippen molar-refractivity contribution in [3.05, 3.63) is 75.7 Å². The molecule has 0 aliphatic rings. The molecule has 3 N–H and O–H groups in total. The Morgan fingerprint density at radius 3 is 2.85 bits per heavy atom. The molecule has 0 spiro atoms. The summed E-state index contributed by atoms with van der Waals surface area (Å²) in [4.78, 5) is 7.47. The van der Waals surface area contributed by atoms with Crippen LogP contribution in [0, 0.1) is 0 Å². The number of hydrogen-bond donors (Lipinski definition) is 3. The van der Waals surface area contributed by atoms with Crippen LogP contribution in [0.3, 0.4) is 0 Å². The van der Waals surface area contributed by atoms with Gasteiger partial charge in [-0.2, -0.15) is 5.10 Å². The number of nitrogens with one attached hydrogen (secondary N) is 3. The lowest BCUT2D eigenvalue weighted by atomic mass is 10.1. The molecule has 3 heterocycles. The van der Waals surface area contributed by atoms with Crippen LogP contribution in [0.4, 0.5) is 5.82 Å². The third-order valence-electron chi connectivity index (χ3n) is 4.24. The van der Waals surface area contributed by atoms with Crippen molar-refractivity contribution in [1.29, 1.82) is 0 Å². The molecule has 4 aromatic rings. The van der Waals surface area contributed by atoms with Crippen LogP contribution in [0.15, 0.2) is 48.8 Å². The number of aryl methyl sites for hydroxylation is 2. The number of fused-ring (bicyclic) bond motifs is 1.